The number of fused-ring (bicyclic) bond motifs is 6. The molecule has 4 heteroatoms. The van der Waals surface area contributed by atoms with Crippen LogP contribution < -0.4 is 10.1 Å². The molecule has 6 rings (SSSR count). The van der Waals surface area contributed by atoms with Crippen molar-refractivity contribution in [3.8, 4) is 11.5 Å². The highest BCUT2D eigenvalue weighted by molar-refractivity contribution is 5.97. The maximum absolute atomic E-state index is 12.9. The van der Waals surface area contributed by atoms with Gasteiger partial charge in [-0.05, 0) is 42.5 Å². The van der Waals surface area contributed by atoms with Crippen LogP contribution in [0.3, 0.4) is 0 Å². The number of hydrogen-bond acceptors (Lipinski definition) is 4. The van der Waals surface area contributed by atoms with E-state index in [9.17, 15) is 4.79 Å². The molecule has 2 heterocycles. The molecule has 30 heavy (non-hydrogen) atoms. The van der Waals surface area contributed by atoms with E-state index in [2.05, 4.69) is 5.32 Å². The number of esters is 1. The van der Waals surface area contributed by atoms with Gasteiger partial charge in [-0.1, -0.05) is 54.6 Å². The molecule has 0 amide bonds. The zero-order chi connectivity index (χ0) is 20.1. The van der Waals surface area contributed by atoms with Gasteiger partial charge in [0, 0.05) is 28.1 Å². The van der Waals surface area contributed by atoms with Crippen molar-refractivity contribution < 1.29 is 14.3 Å². The lowest BCUT2D eigenvalue weighted by atomic mass is 9.77. The number of para-hydroxylation sites is 3. The van der Waals surface area contributed by atoms with Gasteiger partial charge in [-0.25, -0.2) is 4.79 Å². The molecule has 0 saturated carbocycles. The van der Waals surface area contributed by atoms with E-state index in [1.807, 2.05) is 97.1 Å². The Morgan fingerprint density at radius 1 is 0.633 bits per heavy atom. The molecule has 0 atom stereocenters. The van der Waals surface area contributed by atoms with E-state index >= 15 is 0 Å². The van der Waals surface area contributed by atoms with E-state index in [-0.39, 0.29) is 5.97 Å². The maximum Gasteiger partial charge on any atom is 0.340 e. The zero-order valence-corrected chi connectivity index (χ0v) is 16.0. The first kappa shape index (κ1) is 16.9. The largest absolute Gasteiger partial charge is 0.456 e. The number of nitrogens with one attached hydrogen (secondary N) is 1. The molecule has 0 unspecified atom stereocenters. The van der Waals surface area contributed by atoms with Crippen molar-refractivity contribution in [2.75, 3.05) is 5.32 Å². The first-order chi connectivity index (χ1) is 14.8. The second kappa shape index (κ2) is 6.22. The number of carbonyl (C=O) groups excluding carboxylic acids is 1. The predicted molar refractivity (Wildman–Crippen MR) is 114 cm³/mol. The highest BCUT2D eigenvalue weighted by Crippen LogP contribution is 2.56. The average molecular weight is 391 g/mol. The number of anilines is 2. The van der Waals surface area contributed by atoms with Crippen LogP contribution in [0.2, 0.25) is 0 Å². The lowest BCUT2D eigenvalue weighted by Gasteiger charge is -2.36. The van der Waals surface area contributed by atoms with Crippen molar-refractivity contribution in [2.24, 2.45) is 0 Å². The summed E-state index contributed by atoms with van der Waals surface area (Å²) in [5, 5.41) is 3.42. The molecule has 1 N–H and O–H groups in total. The zero-order valence-electron chi connectivity index (χ0n) is 16.0. The van der Waals surface area contributed by atoms with Crippen LogP contribution in [-0.4, -0.2) is 5.97 Å². The normalized spacial score (nSPS) is 14.9. The Bertz CT molecular complexity index is 1250. The third-order valence-electron chi connectivity index (χ3n) is 5.68. The summed E-state index contributed by atoms with van der Waals surface area (Å²) in [6.45, 7) is 0. The molecule has 0 radical (unpaired) electrons. The standard InChI is InChI=1S/C26H17NO3/c28-25-19-15-14-18(27-17-8-2-1-3-9-17)16-22(19)26(30-25)20-10-4-6-12-23(20)29-24-13-7-5-11-21(24)26/h1-16,27H. The summed E-state index contributed by atoms with van der Waals surface area (Å²) in [6.07, 6.45) is 0. The Hall–Kier alpha value is -4.05. The van der Waals surface area contributed by atoms with Gasteiger partial charge >= 0.3 is 5.97 Å². The summed E-state index contributed by atoms with van der Waals surface area (Å²) in [7, 11) is 0. The van der Waals surface area contributed by atoms with Crippen molar-refractivity contribution in [2.45, 2.75) is 5.60 Å². The lowest BCUT2D eigenvalue weighted by molar-refractivity contribution is 0.0224. The lowest BCUT2D eigenvalue weighted by Crippen LogP contribution is -2.32. The number of carbonyl (C=O) groups is 1. The van der Waals surface area contributed by atoms with Crippen molar-refractivity contribution in [3.05, 3.63) is 119 Å². The minimum absolute atomic E-state index is 0.331. The Morgan fingerprint density at radius 2 is 1.27 bits per heavy atom. The molecule has 0 bridgehead atoms. The van der Waals surface area contributed by atoms with Crippen molar-refractivity contribution in [3.63, 3.8) is 0 Å². The topological polar surface area (TPSA) is 47.6 Å². The van der Waals surface area contributed by atoms with Gasteiger partial charge in [0.1, 0.15) is 11.5 Å². The Kier molecular flexibility index (Phi) is 3.50. The number of benzene rings is 4. The van der Waals surface area contributed by atoms with Crippen LogP contribution in [0.15, 0.2) is 97.1 Å². The van der Waals surface area contributed by atoms with Crippen LogP contribution >= 0.6 is 0 Å². The van der Waals surface area contributed by atoms with E-state index in [1.54, 1.807) is 0 Å². The van der Waals surface area contributed by atoms with E-state index in [0.717, 1.165) is 28.1 Å². The van der Waals surface area contributed by atoms with Crippen molar-refractivity contribution >= 4 is 17.3 Å². The Labute approximate surface area is 173 Å². The first-order valence-electron chi connectivity index (χ1n) is 9.82. The maximum atomic E-state index is 12.9. The predicted octanol–water partition coefficient (Wildman–Crippen LogP) is 6.00. The number of rotatable bonds is 2. The van der Waals surface area contributed by atoms with Gasteiger partial charge < -0.3 is 14.8 Å². The monoisotopic (exact) mass is 391 g/mol. The fourth-order valence-corrected chi connectivity index (χ4v) is 4.39. The quantitative estimate of drug-likeness (QED) is 0.426. The van der Waals surface area contributed by atoms with Gasteiger partial charge in [-0.3, -0.25) is 0 Å². The molecule has 2 aliphatic rings. The van der Waals surface area contributed by atoms with Gasteiger partial charge in [0.2, 0.25) is 0 Å². The molecule has 1 spiro atoms. The van der Waals surface area contributed by atoms with Crippen LogP contribution in [0.25, 0.3) is 0 Å². The SMILES string of the molecule is O=C1OC2(c3ccccc3Oc3ccccc32)c2cc(Nc3ccccc3)ccc21. The minimum atomic E-state index is -1.04. The molecule has 0 aromatic heterocycles. The molecule has 0 saturated heterocycles. The van der Waals surface area contributed by atoms with Gasteiger partial charge in [0.05, 0.1) is 5.56 Å². The fourth-order valence-electron chi connectivity index (χ4n) is 4.39. The molecular weight excluding hydrogens is 374 g/mol. The highest BCUT2D eigenvalue weighted by Gasteiger charge is 2.53. The Balaban J connectivity index is 1.59. The van der Waals surface area contributed by atoms with E-state index in [0.29, 0.717) is 17.1 Å². The van der Waals surface area contributed by atoms with Crippen LogP contribution in [0, 0.1) is 0 Å². The smallest absolute Gasteiger partial charge is 0.340 e. The molecule has 4 aromatic carbocycles. The molecule has 0 aliphatic carbocycles. The van der Waals surface area contributed by atoms with E-state index < -0.39 is 5.60 Å². The van der Waals surface area contributed by atoms with Crippen molar-refractivity contribution in [1.29, 1.82) is 0 Å². The summed E-state index contributed by atoms with van der Waals surface area (Å²) >= 11 is 0. The summed E-state index contributed by atoms with van der Waals surface area (Å²) < 4.78 is 12.3. The first-order valence-corrected chi connectivity index (χ1v) is 9.82. The second-order valence-corrected chi connectivity index (χ2v) is 7.42. The van der Waals surface area contributed by atoms with Gasteiger partial charge in [0.15, 0.2) is 5.60 Å². The number of ether oxygens (including phenoxy) is 2. The molecular formula is C26H17NO3. The number of hydrogen-bond donors (Lipinski definition) is 1. The Morgan fingerprint density at radius 3 is 1.97 bits per heavy atom. The molecule has 4 aromatic rings. The van der Waals surface area contributed by atoms with Crippen LogP contribution in [0.5, 0.6) is 11.5 Å². The second-order valence-electron chi connectivity index (χ2n) is 7.42. The van der Waals surface area contributed by atoms with E-state index in [4.69, 9.17) is 9.47 Å². The van der Waals surface area contributed by atoms with E-state index in [1.165, 1.54) is 0 Å². The molecule has 144 valence electrons. The third-order valence-corrected chi connectivity index (χ3v) is 5.68. The molecule has 2 aliphatic heterocycles. The fraction of sp³-hybridized carbons (Fsp3) is 0.0385. The van der Waals surface area contributed by atoms with Gasteiger partial charge in [-0.15, -0.1) is 0 Å². The summed E-state index contributed by atoms with van der Waals surface area (Å²) in [6, 6.07) is 31.2. The highest BCUT2D eigenvalue weighted by atomic mass is 16.6. The van der Waals surface area contributed by atoms with Crippen LogP contribution in [-0.2, 0) is 10.3 Å². The summed E-state index contributed by atoms with van der Waals surface area (Å²) in [5.74, 6) is 1.05. The van der Waals surface area contributed by atoms with Gasteiger partial charge in [0.25, 0.3) is 0 Å². The summed E-state index contributed by atoms with van der Waals surface area (Å²) in [4.78, 5) is 12.9. The van der Waals surface area contributed by atoms with Crippen molar-refractivity contribution in [1.82, 2.24) is 0 Å². The van der Waals surface area contributed by atoms with Crippen LogP contribution in [0.4, 0.5) is 11.4 Å². The van der Waals surface area contributed by atoms with Gasteiger partial charge in [-0.2, -0.15) is 0 Å². The van der Waals surface area contributed by atoms with Crippen LogP contribution in [0.1, 0.15) is 27.0 Å². The average Bonchev–Trinajstić information content (AvgIpc) is 3.07. The summed E-state index contributed by atoms with van der Waals surface area (Å²) in [5.41, 5.74) is 3.87. The third kappa shape index (κ3) is 2.31. The molecule has 0 fully saturated rings. The minimum Gasteiger partial charge on any atom is -0.456 e. The molecule has 4 nitrogen and oxygen atoms in total.